The molecule has 112 valence electrons. The lowest BCUT2D eigenvalue weighted by Crippen LogP contribution is -2.06. The fourth-order valence-electron chi connectivity index (χ4n) is 2.47. The number of nitro groups is 1. The van der Waals surface area contributed by atoms with E-state index in [1.54, 1.807) is 17.4 Å². The molecule has 6 heteroatoms. The predicted octanol–water partition coefficient (Wildman–Crippen LogP) is 4.69. The molecule has 0 radical (unpaired) electrons. The normalized spacial score (nSPS) is 12.3. The Hall–Kier alpha value is -2.47. The number of anilines is 1. The van der Waals surface area contributed by atoms with Gasteiger partial charge in [-0.1, -0.05) is 18.2 Å². The average Bonchev–Trinajstić information content (AvgIpc) is 3.00. The third-order valence-electron chi connectivity index (χ3n) is 3.48. The number of para-hydroxylation sites is 1. The third kappa shape index (κ3) is 2.65. The van der Waals surface area contributed by atoms with Gasteiger partial charge in [0.05, 0.1) is 11.0 Å². The van der Waals surface area contributed by atoms with Crippen molar-refractivity contribution in [2.75, 3.05) is 5.32 Å². The number of aryl methyl sites for hydroxylation is 1. The van der Waals surface area contributed by atoms with Crippen LogP contribution in [0.5, 0.6) is 0 Å². The molecule has 0 fully saturated rings. The summed E-state index contributed by atoms with van der Waals surface area (Å²) in [5, 5.41) is 17.4. The van der Waals surface area contributed by atoms with Crippen LogP contribution in [0.4, 0.5) is 11.4 Å². The van der Waals surface area contributed by atoms with Crippen LogP contribution in [0, 0.1) is 17.0 Å². The number of rotatable bonds is 4. The number of benzene rings is 1. The quantitative estimate of drug-likeness (QED) is 0.560. The van der Waals surface area contributed by atoms with Crippen LogP contribution in [0.3, 0.4) is 0 Å². The fourth-order valence-corrected chi connectivity index (χ4v) is 3.20. The molecule has 3 aromatic rings. The monoisotopic (exact) mass is 313 g/mol. The molecule has 1 aromatic carbocycles. The van der Waals surface area contributed by atoms with Crippen molar-refractivity contribution in [1.82, 2.24) is 4.98 Å². The maximum atomic E-state index is 11.2. The largest absolute Gasteiger partial charge is 0.377 e. The number of pyridine rings is 1. The second-order valence-corrected chi connectivity index (χ2v) is 6.10. The second-order valence-electron chi connectivity index (χ2n) is 5.12. The van der Waals surface area contributed by atoms with Gasteiger partial charge in [-0.05, 0) is 31.4 Å². The van der Waals surface area contributed by atoms with Gasteiger partial charge >= 0.3 is 0 Å². The first-order valence-corrected chi connectivity index (χ1v) is 7.79. The van der Waals surface area contributed by atoms with Crippen molar-refractivity contribution in [1.29, 1.82) is 0 Å². The van der Waals surface area contributed by atoms with Crippen LogP contribution in [-0.4, -0.2) is 9.91 Å². The molecule has 3 rings (SSSR count). The van der Waals surface area contributed by atoms with Crippen molar-refractivity contribution in [3.8, 4) is 0 Å². The first-order valence-electron chi connectivity index (χ1n) is 6.91. The van der Waals surface area contributed by atoms with Crippen LogP contribution in [-0.2, 0) is 0 Å². The Morgan fingerprint density at radius 2 is 2.14 bits per heavy atom. The van der Waals surface area contributed by atoms with Crippen LogP contribution in [0.15, 0.2) is 41.8 Å². The fraction of sp³-hybridized carbons (Fsp3) is 0.188. The highest BCUT2D eigenvalue weighted by molar-refractivity contribution is 7.10. The molecule has 5 nitrogen and oxygen atoms in total. The molecule has 1 unspecified atom stereocenters. The highest BCUT2D eigenvalue weighted by Crippen LogP contribution is 2.32. The van der Waals surface area contributed by atoms with Crippen LogP contribution in [0.25, 0.3) is 10.9 Å². The van der Waals surface area contributed by atoms with E-state index in [-0.39, 0.29) is 16.7 Å². The first-order chi connectivity index (χ1) is 10.6. The molecule has 1 atom stereocenters. The third-order valence-corrected chi connectivity index (χ3v) is 4.54. The lowest BCUT2D eigenvalue weighted by molar-refractivity contribution is -0.383. The van der Waals surface area contributed by atoms with Crippen LogP contribution >= 0.6 is 11.3 Å². The topological polar surface area (TPSA) is 68.1 Å². The summed E-state index contributed by atoms with van der Waals surface area (Å²) in [5.74, 6) is 0. The summed E-state index contributed by atoms with van der Waals surface area (Å²) in [6.07, 6.45) is 0. The molecule has 0 saturated carbocycles. The van der Waals surface area contributed by atoms with E-state index in [4.69, 9.17) is 0 Å². The van der Waals surface area contributed by atoms with Crippen molar-refractivity contribution in [3.63, 3.8) is 0 Å². The smallest absolute Gasteiger partial charge is 0.295 e. The second kappa shape index (κ2) is 5.73. The molecular weight excluding hydrogens is 298 g/mol. The zero-order valence-electron chi connectivity index (χ0n) is 12.2. The molecule has 1 N–H and O–H groups in total. The van der Waals surface area contributed by atoms with Crippen molar-refractivity contribution in [3.05, 3.63) is 62.5 Å². The van der Waals surface area contributed by atoms with Gasteiger partial charge in [-0.25, -0.2) is 4.98 Å². The maximum Gasteiger partial charge on any atom is 0.295 e. The van der Waals surface area contributed by atoms with Crippen LogP contribution in [0.1, 0.15) is 23.5 Å². The van der Waals surface area contributed by atoms with Gasteiger partial charge in [0.15, 0.2) is 5.52 Å². The molecule has 2 aromatic heterocycles. The van der Waals surface area contributed by atoms with Gasteiger partial charge < -0.3 is 5.32 Å². The molecule has 22 heavy (non-hydrogen) atoms. The summed E-state index contributed by atoms with van der Waals surface area (Å²) in [5.41, 5.74) is 2.08. The Kier molecular flexibility index (Phi) is 3.77. The van der Waals surface area contributed by atoms with Gasteiger partial charge in [0.25, 0.3) is 5.69 Å². The Bertz CT molecular complexity index is 831. The average molecular weight is 313 g/mol. The summed E-state index contributed by atoms with van der Waals surface area (Å²) < 4.78 is 0. The van der Waals surface area contributed by atoms with E-state index >= 15 is 0 Å². The Morgan fingerprint density at radius 3 is 2.82 bits per heavy atom. The number of hydrogen-bond acceptors (Lipinski definition) is 5. The van der Waals surface area contributed by atoms with E-state index in [9.17, 15) is 10.1 Å². The molecule has 0 aliphatic heterocycles. The number of nitro benzene ring substituents is 1. The lowest BCUT2D eigenvalue weighted by Gasteiger charge is -2.16. The van der Waals surface area contributed by atoms with Gasteiger partial charge in [0, 0.05) is 27.7 Å². The number of hydrogen-bond donors (Lipinski definition) is 1. The van der Waals surface area contributed by atoms with Gasteiger partial charge in [0.1, 0.15) is 0 Å². The molecule has 0 aliphatic carbocycles. The van der Waals surface area contributed by atoms with Crippen molar-refractivity contribution < 1.29 is 4.92 Å². The summed E-state index contributed by atoms with van der Waals surface area (Å²) >= 11 is 1.68. The molecule has 2 heterocycles. The molecular formula is C16H15N3O2S. The van der Waals surface area contributed by atoms with Gasteiger partial charge in [-0.15, -0.1) is 11.3 Å². The number of fused-ring (bicyclic) bond motifs is 1. The first kappa shape index (κ1) is 14.5. The van der Waals surface area contributed by atoms with Crippen molar-refractivity contribution >= 4 is 33.6 Å². The minimum absolute atomic E-state index is 0.0352. The highest BCUT2D eigenvalue weighted by atomic mass is 32.1. The Morgan fingerprint density at radius 1 is 1.32 bits per heavy atom. The summed E-state index contributed by atoms with van der Waals surface area (Å²) in [4.78, 5) is 16.4. The van der Waals surface area contributed by atoms with E-state index in [1.807, 2.05) is 30.5 Å². The standard InChI is InChI=1S/C16H15N3O2S/c1-10-9-13(18-11(2)15-7-4-8-22-15)12-5-3-6-14(19(20)21)16(12)17-10/h3-9,11H,1-2H3,(H,17,18). The number of aromatic nitrogens is 1. The van der Waals surface area contributed by atoms with Gasteiger partial charge in [0.2, 0.25) is 0 Å². The number of thiophene rings is 1. The van der Waals surface area contributed by atoms with E-state index in [1.165, 1.54) is 10.9 Å². The van der Waals surface area contributed by atoms with Crippen molar-refractivity contribution in [2.24, 2.45) is 0 Å². The molecule has 0 spiro atoms. The molecule has 0 aliphatic rings. The van der Waals surface area contributed by atoms with Gasteiger partial charge in [-0.3, -0.25) is 10.1 Å². The van der Waals surface area contributed by atoms with E-state index in [0.29, 0.717) is 5.52 Å². The van der Waals surface area contributed by atoms with Crippen molar-refractivity contribution in [2.45, 2.75) is 19.9 Å². The minimum atomic E-state index is -0.388. The van der Waals surface area contributed by atoms with E-state index < -0.39 is 0 Å². The Balaban J connectivity index is 2.09. The number of nitrogens with zero attached hydrogens (tertiary/aromatic N) is 2. The molecule has 0 bridgehead atoms. The zero-order valence-corrected chi connectivity index (χ0v) is 13.1. The minimum Gasteiger partial charge on any atom is -0.377 e. The van der Waals surface area contributed by atoms with Crippen LogP contribution in [0.2, 0.25) is 0 Å². The highest BCUT2D eigenvalue weighted by Gasteiger charge is 2.17. The maximum absolute atomic E-state index is 11.2. The summed E-state index contributed by atoms with van der Waals surface area (Å²) in [7, 11) is 0. The molecule has 0 saturated heterocycles. The number of non-ortho nitro benzene ring substituents is 1. The van der Waals surface area contributed by atoms with Gasteiger partial charge in [-0.2, -0.15) is 0 Å². The summed E-state index contributed by atoms with van der Waals surface area (Å²) in [6, 6.07) is 11.2. The zero-order chi connectivity index (χ0) is 15.7. The van der Waals surface area contributed by atoms with Crippen LogP contribution < -0.4 is 5.32 Å². The van der Waals surface area contributed by atoms with E-state index in [0.717, 1.165) is 16.8 Å². The SMILES string of the molecule is Cc1cc(NC(C)c2cccs2)c2cccc([N+](=O)[O-])c2n1. The van der Waals surface area contributed by atoms with E-state index in [2.05, 4.69) is 23.3 Å². The predicted molar refractivity (Wildman–Crippen MR) is 89.5 cm³/mol. The molecule has 0 amide bonds. The Labute approximate surface area is 131 Å². The number of nitrogens with one attached hydrogen (secondary N) is 1. The lowest BCUT2D eigenvalue weighted by atomic mass is 10.1. The summed E-state index contributed by atoms with van der Waals surface area (Å²) in [6.45, 7) is 3.92.